The minimum absolute atomic E-state index is 0.00526. The van der Waals surface area contributed by atoms with E-state index in [-0.39, 0.29) is 12.0 Å². The van der Waals surface area contributed by atoms with Gasteiger partial charge in [0.05, 0.1) is 18.8 Å². The topological polar surface area (TPSA) is 68.5 Å². The molecule has 1 amide bonds. The summed E-state index contributed by atoms with van der Waals surface area (Å²) in [6.45, 7) is 4.62. The first kappa shape index (κ1) is 12.7. The molecule has 104 valence electrons. The normalized spacial score (nSPS) is 15.0. The summed E-state index contributed by atoms with van der Waals surface area (Å²) in [5, 5.41) is 3.80. The van der Waals surface area contributed by atoms with Crippen molar-refractivity contribution >= 4 is 5.91 Å². The number of ether oxygens (including phenoxy) is 1. The Morgan fingerprint density at radius 2 is 2.20 bits per heavy atom. The molecule has 6 nitrogen and oxygen atoms in total. The predicted molar refractivity (Wildman–Crippen MR) is 70.5 cm³/mol. The molecule has 2 aromatic heterocycles. The van der Waals surface area contributed by atoms with Crippen LogP contribution in [0, 0.1) is 13.8 Å². The molecule has 6 heteroatoms. The van der Waals surface area contributed by atoms with Gasteiger partial charge in [-0.05, 0) is 19.9 Å². The molecule has 1 saturated heterocycles. The van der Waals surface area contributed by atoms with Crippen LogP contribution in [0.25, 0.3) is 0 Å². The Hall–Kier alpha value is -2.37. The van der Waals surface area contributed by atoms with E-state index in [0.29, 0.717) is 36.0 Å². The molecule has 0 atom stereocenters. The van der Waals surface area contributed by atoms with Crippen molar-refractivity contribution in [2.24, 2.45) is 0 Å². The summed E-state index contributed by atoms with van der Waals surface area (Å²) in [5.74, 6) is 1.09. The first-order valence-corrected chi connectivity index (χ1v) is 6.45. The highest BCUT2D eigenvalue weighted by Gasteiger charge is 2.35. The molecule has 1 fully saturated rings. The van der Waals surface area contributed by atoms with Gasteiger partial charge in [-0.3, -0.25) is 4.79 Å². The number of aryl methyl sites for hydroxylation is 2. The van der Waals surface area contributed by atoms with Crippen molar-refractivity contribution in [1.29, 1.82) is 0 Å². The Labute approximate surface area is 116 Å². The van der Waals surface area contributed by atoms with E-state index in [1.54, 1.807) is 31.0 Å². The average Bonchev–Trinajstić information content (AvgIpc) is 2.73. The van der Waals surface area contributed by atoms with Gasteiger partial charge in [0.2, 0.25) is 5.88 Å². The van der Waals surface area contributed by atoms with E-state index in [2.05, 4.69) is 10.1 Å². The monoisotopic (exact) mass is 273 g/mol. The van der Waals surface area contributed by atoms with Gasteiger partial charge >= 0.3 is 0 Å². The number of hydrogen-bond acceptors (Lipinski definition) is 5. The number of pyridine rings is 1. The maximum Gasteiger partial charge on any atom is 0.259 e. The number of hydrogen-bond donors (Lipinski definition) is 0. The number of amides is 1. The zero-order valence-corrected chi connectivity index (χ0v) is 11.4. The van der Waals surface area contributed by atoms with Crippen LogP contribution < -0.4 is 4.74 Å². The van der Waals surface area contributed by atoms with Crippen LogP contribution >= 0.6 is 0 Å². The van der Waals surface area contributed by atoms with E-state index in [1.165, 1.54) is 0 Å². The van der Waals surface area contributed by atoms with E-state index >= 15 is 0 Å². The highest BCUT2D eigenvalue weighted by Crippen LogP contribution is 2.21. The third-order valence-electron chi connectivity index (χ3n) is 3.31. The Morgan fingerprint density at radius 1 is 1.40 bits per heavy atom. The molecule has 0 N–H and O–H groups in total. The molecule has 0 bridgehead atoms. The minimum atomic E-state index is -0.0536. The molecule has 3 heterocycles. The fraction of sp³-hybridized carbons (Fsp3) is 0.357. The van der Waals surface area contributed by atoms with Crippen LogP contribution in [0.15, 0.2) is 28.9 Å². The van der Waals surface area contributed by atoms with E-state index in [1.807, 2.05) is 12.1 Å². The smallest absolute Gasteiger partial charge is 0.259 e. The molecule has 20 heavy (non-hydrogen) atoms. The van der Waals surface area contributed by atoms with Gasteiger partial charge in [0, 0.05) is 12.3 Å². The molecule has 3 rings (SSSR count). The number of carbonyl (C=O) groups is 1. The van der Waals surface area contributed by atoms with Gasteiger partial charge in [0.25, 0.3) is 5.91 Å². The number of rotatable bonds is 3. The molecule has 0 spiro atoms. The third kappa shape index (κ3) is 2.24. The highest BCUT2D eigenvalue weighted by atomic mass is 16.5. The van der Waals surface area contributed by atoms with Crippen LogP contribution in [-0.2, 0) is 0 Å². The van der Waals surface area contributed by atoms with Crippen molar-refractivity contribution < 1.29 is 14.1 Å². The van der Waals surface area contributed by atoms with Gasteiger partial charge in [-0.2, -0.15) is 0 Å². The number of likely N-dealkylation sites (tertiary alicyclic amines) is 1. The van der Waals surface area contributed by atoms with Gasteiger partial charge in [-0.1, -0.05) is 11.2 Å². The first-order valence-electron chi connectivity index (χ1n) is 6.45. The van der Waals surface area contributed by atoms with E-state index in [0.717, 1.165) is 0 Å². The summed E-state index contributed by atoms with van der Waals surface area (Å²) in [4.78, 5) is 18.1. The van der Waals surface area contributed by atoms with Crippen molar-refractivity contribution in [3.05, 3.63) is 41.4 Å². The van der Waals surface area contributed by atoms with E-state index in [9.17, 15) is 4.79 Å². The lowest BCUT2D eigenvalue weighted by Crippen LogP contribution is -2.56. The fourth-order valence-corrected chi connectivity index (χ4v) is 2.21. The summed E-state index contributed by atoms with van der Waals surface area (Å²) < 4.78 is 10.7. The first-order chi connectivity index (χ1) is 9.65. The van der Waals surface area contributed by atoms with Crippen molar-refractivity contribution in [3.8, 4) is 5.88 Å². The summed E-state index contributed by atoms with van der Waals surface area (Å²) in [7, 11) is 0. The van der Waals surface area contributed by atoms with Crippen LogP contribution in [0.1, 0.15) is 21.8 Å². The molecule has 0 saturated carbocycles. The Balaban J connectivity index is 1.59. The minimum Gasteiger partial charge on any atom is -0.471 e. The Kier molecular flexibility index (Phi) is 3.14. The molecule has 2 aromatic rings. The van der Waals surface area contributed by atoms with E-state index < -0.39 is 0 Å². The molecule has 0 radical (unpaired) electrons. The van der Waals surface area contributed by atoms with Gasteiger partial charge in [-0.25, -0.2) is 4.98 Å². The molecular formula is C14H15N3O3. The second-order valence-corrected chi connectivity index (χ2v) is 4.82. The van der Waals surface area contributed by atoms with Gasteiger partial charge < -0.3 is 14.2 Å². The lowest BCUT2D eigenvalue weighted by Gasteiger charge is -2.38. The van der Waals surface area contributed by atoms with Crippen LogP contribution in [0.2, 0.25) is 0 Å². The standard InChI is InChI=1S/C14H15N3O3/c1-9-13(10(2)20-16-9)14(18)17-7-11(8-17)19-12-5-3-4-6-15-12/h3-6,11H,7-8H2,1-2H3. The van der Waals surface area contributed by atoms with Gasteiger partial charge in [0.15, 0.2) is 0 Å². The van der Waals surface area contributed by atoms with Crippen molar-refractivity contribution in [1.82, 2.24) is 15.0 Å². The van der Waals surface area contributed by atoms with Crippen LogP contribution in [0.5, 0.6) is 5.88 Å². The largest absolute Gasteiger partial charge is 0.471 e. The molecule has 0 aliphatic carbocycles. The summed E-state index contributed by atoms with van der Waals surface area (Å²) in [6.07, 6.45) is 1.68. The molecular weight excluding hydrogens is 258 g/mol. The van der Waals surface area contributed by atoms with Crippen molar-refractivity contribution in [2.75, 3.05) is 13.1 Å². The second kappa shape index (κ2) is 4.96. The molecule has 0 unspecified atom stereocenters. The van der Waals surface area contributed by atoms with Gasteiger partial charge in [-0.15, -0.1) is 0 Å². The molecule has 0 aromatic carbocycles. The van der Waals surface area contributed by atoms with Crippen LogP contribution in [0.3, 0.4) is 0 Å². The zero-order chi connectivity index (χ0) is 14.1. The zero-order valence-electron chi connectivity index (χ0n) is 11.4. The fourth-order valence-electron chi connectivity index (χ4n) is 2.21. The van der Waals surface area contributed by atoms with Crippen molar-refractivity contribution in [3.63, 3.8) is 0 Å². The Morgan fingerprint density at radius 3 is 2.80 bits per heavy atom. The van der Waals surface area contributed by atoms with Gasteiger partial charge in [0.1, 0.15) is 17.4 Å². The number of aromatic nitrogens is 2. The Bertz CT molecular complexity index is 598. The number of carbonyl (C=O) groups excluding carboxylic acids is 1. The highest BCUT2D eigenvalue weighted by molar-refractivity contribution is 5.96. The summed E-state index contributed by atoms with van der Waals surface area (Å²) in [5.41, 5.74) is 1.18. The maximum atomic E-state index is 12.3. The maximum absolute atomic E-state index is 12.3. The lowest BCUT2D eigenvalue weighted by molar-refractivity contribution is 0.0158. The predicted octanol–water partition coefficient (Wildman–Crippen LogP) is 1.59. The summed E-state index contributed by atoms with van der Waals surface area (Å²) in [6, 6.07) is 5.51. The number of nitrogens with zero attached hydrogens (tertiary/aromatic N) is 3. The molecule has 1 aliphatic rings. The molecule has 1 aliphatic heterocycles. The second-order valence-electron chi connectivity index (χ2n) is 4.82. The van der Waals surface area contributed by atoms with E-state index in [4.69, 9.17) is 9.26 Å². The van der Waals surface area contributed by atoms with Crippen LogP contribution in [0.4, 0.5) is 0 Å². The van der Waals surface area contributed by atoms with Crippen molar-refractivity contribution in [2.45, 2.75) is 20.0 Å². The van der Waals surface area contributed by atoms with Crippen LogP contribution in [-0.4, -0.2) is 40.1 Å². The lowest BCUT2D eigenvalue weighted by atomic mass is 10.1. The third-order valence-corrected chi connectivity index (χ3v) is 3.31. The SMILES string of the molecule is Cc1noc(C)c1C(=O)N1CC(Oc2ccccn2)C1. The summed E-state index contributed by atoms with van der Waals surface area (Å²) >= 11 is 0. The quantitative estimate of drug-likeness (QED) is 0.849. The average molecular weight is 273 g/mol.